The lowest BCUT2D eigenvalue weighted by molar-refractivity contribution is 0.247. The van der Waals surface area contributed by atoms with E-state index in [1.54, 1.807) is 0 Å². The molecular formula is C30H44N2O2. The van der Waals surface area contributed by atoms with Gasteiger partial charge in [-0.1, -0.05) is 91.1 Å². The Labute approximate surface area is 206 Å². The van der Waals surface area contributed by atoms with Crippen LogP contribution in [0.5, 0.6) is 5.75 Å². The number of rotatable bonds is 6. The summed E-state index contributed by atoms with van der Waals surface area (Å²) in [5, 5.41) is 17.2. The quantitative estimate of drug-likeness (QED) is 0.415. The largest absolute Gasteiger partial charge is 0.507 e. The minimum Gasteiger partial charge on any atom is -0.507 e. The minimum absolute atomic E-state index is 0.118. The number of amides is 2. The van der Waals surface area contributed by atoms with E-state index in [4.69, 9.17) is 0 Å². The molecular weight excluding hydrogens is 420 g/mol. The number of para-hydroxylation sites is 1. The highest BCUT2D eigenvalue weighted by atomic mass is 16.3. The van der Waals surface area contributed by atoms with Crippen LogP contribution in [0.1, 0.15) is 95.9 Å². The Morgan fingerprint density at radius 2 is 1.50 bits per heavy atom. The molecule has 1 saturated carbocycles. The van der Waals surface area contributed by atoms with Crippen LogP contribution in [0, 0.1) is 5.92 Å². The fourth-order valence-corrected chi connectivity index (χ4v) is 4.92. The number of benzene rings is 2. The van der Waals surface area contributed by atoms with Gasteiger partial charge >= 0.3 is 6.03 Å². The van der Waals surface area contributed by atoms with E-state index in [-0.39, 0.29) is 16.9 Å². The summed E-state index contributed by atoms with van der Waals surface area (Å²) in [6, 6.07) is 12.2. The molecule has 2 aromatic rings. The van der Waals surface area contributed by atoms with E-state index in [0.29, 0.717) is 11.7 Å². The van der Waals surface area contributed by atoms with Gasteiger partial charge in [-0.2, -0.15) is 0 Å². The Balaban J connectivity index is 1.72. The summed E-state index contributed by atoms with van der Waals surface area (Å²) >= 11 is 0. The maximum Gasteiger partial charge on any atom is 0.319 e. The van der Waals surface area contributed by atoms with Crippen LogP contribution >= 0.6 is 0 Å². The number of anilines is 1. The van der Waals surface area contributed by atoms with Gasteiger partial charge in [-0.3, -0.25) is 0 Å². The first-order chi connectivity index (χ1) is 15.9. The van der Waals surface area contributed by atoms with Crippen molar-refractivity contribution >= 4 is 11.7 Å². The molecule has 0 atom stereocenters. The Morgan fingerprint density at radius 3 is 2.09 bits per heavy atom. The third kappa shape index (κ3) is 7.01. The fourth-order valence-electron chi connectivity index (χ4n) is 4.92. The normalized spacial score (nSPS) is 15.2. The summed E-state index contributed by atoms with van der Waals surface area (Å²) in [5.41, 5.74) is 4.90. The zero-order valence-corrected chi connectivity index (χ0v) is 22.1. The fraction of sp³-hybridized carbons (Fsp3) is 0.567. The van der Waals surface area contributed by atoms with Crippen molar-refractivity contribution in [2.24, 2.45) is 5.92 Å². The minimum atomic E-state index is -0.143. The van der Waals surface area contributed by atoms with Gasteiger partial charge in [0.15, 0.2) is 0 Å². The molecule has 2 amide bonds. The second kappa shape index (κ2) is 10.8. The maximum atomic E-state index is 12.6. The highest BCUT2D eigenvalue weighted by Gasteiger charge is 2.26. The van der Waals surface area contributed by atoms with Crippen LogP contribution in [0.2, 0.25) is 0 Å². The number of phenols is 1. The number of carbonyl (C=O) groups excluding carboxylic acids is 1. The van der Waals surface area contributed by atoms with Crippen LogP contribution in [0.25, 0.3) is 0 Å². The van der Waals surface area contributed by atoms with Crippen molar-refractivity contribution in [1.82, 2.24) is 5.32 Å². The van der Waals surface area contributed by atoms with E-state index in [1.165, 1.54) is 37.7 Å². The molecule has 186 valence electrons. The van der Waals surface area contributed by atoms with Crippen molar-refractivity contribution < 1.29 is 9.90 Å². The molecule has 2 aromatic carbocycles. The first-order valence-corrected chi connectivity index (χ1v) is 12.9. The van der Waals surface area contributed by atoms with E-state index in [0.717, 1.165) is 41.8 Å². The summed E-state index contributed by atoms with van der Waals surface area (Å²) in [6.45, 7) is 13.6. The number of phenolic OH excluding ortho intramolecular Hbond substituents is 1. The summed E-state index contributed by atoms with van der Waals surface area (Å²) in [5.74, 6) is 1.03. The van der Waals surface area contributed by atoms with Gasteiger partial charge in [-0.25, -0.2) is 4.79 Å². The smallest absolute Gasteiger partial charge is 0.319 e. The Morgan fingerprint density at radius 1 is 0.912 bits per heavy atom. The predicted octanol–water partition coefficient (Wildman–Crippen LogP) is 7.47. The second-order valence-electron chi connectivity index (χ2n) is 12.0. The molecule has 0 aliphatic heterocycles. The monoisotopic (exact) mass is 464 g/mol. The van der Waals surface area contributed by atoms with Gasteiger partial charge in [0, 0.05) is 12.2 Å². The lowest BCUT2D eigenvalue weighted by Gasteiger charge is -2.28. The van der Waals surface area contributed by atoms with E-state index in [2.05, 4.69) is 70.4 Å². The predicted molar refractivity (Wildman–Crippen MR) is 143 cm³/mol. The third-order valence-electron chi connectivity index (χ3n) is 7.01. The molecule has 34 heavy (non-hydrogen) atoms. The SMILES string of the molecule is CC(C)(C)c1cc(CCc2ccccc2NC(=O)NCC2CCCCC2)cc(C(C)(C)C)c1O. The van der Waals surface area contributed by atoms with Crippen LogP contribution in [-0.2, 0) is 23.7 Å². The van der Waals surface area contributed by atoms with E-state index in [9.17, 15) is 9.90 Å². The number of carbonyl (C=O) groups is 1. The van der Waals surface area contributed by atoms with Gasteiger partial charge in [0.1, 0.15) is 5.75 Å². The van der Waals surface area contributed by atoms with E-state index < -0.39 is 0 Å². The zero-order chi connectivity index (χ0) is 24.9. The molecule has 4 heteroatoms. The number of urea groups is 1. The Kier molecular flexibility index (Phi) is 8.33. The molecule has 1 aliphatic carbocycles. The summed E-state index contributed by atoms with van der Waals surface area (Å²) < 4.78 is 0. The van der Waals surface area contributed by atoms with Crippen molar-refractivity contribution in [2.75, 3.05) is 11.9 Å². The van der Waals surface area contributed by atoms with Crippen LogP contribution < -0.4 is 10.6 Å². The summed E-state index contributed by atoms with van der Waals surface area (Å²) in [7, 11) is 0. The maximum absolute atomic E-state index is 12.6. The van der Waals surface area contributed by atoms with E-state index >= 15 is 0 Å². The second-order valence-corrected chi connectivity index (χ2v) is 12.0. The number of hydrogen-bond acceptors (Lipinski definition) is 2. The third-order valence-corrected chi connectivity index (χ3v) is 7.01. The number of nitrogens with one attached hydrogen (secondary N) is 2. The molecule has 1 aliphatic rings. The first-order valence-electron chi connectivity index (χ1n) is 12.9. The molecule has 0 radical (unpaired) electrons. The van der Waals surface area contributed by atoms with Crippen molar-refractivity contribution in [3.8, 4) is 5.75 Å². The standard InChI is InChI=1S/C30H44N2O2/c1-29(2,3)24-18-22(19-25(27(24)33)30(4,5)6)16-17-23-14-10-11-15-26(23)32-28(34)31-20-21-12-8-7-9-13-21/h10-11,14-15,18-19,21,33H,7-9,12-13,16-17,20H2,1-6H3,(H2,31,32,34). The molecule has 3 rings (SSSR count). The highest BCUT2D eigenvalue weighted by molar-refractivity contribution is 5.90. The van der Waals surface area contributed by atoms with Crippen LogP contribution in [0.3, 0.4) is 0 Å². The van der Waals surface area contributed by atoms with Gasteiger partial charge in [0.25, 0.3) is 0 Å². The van der Waals surface area contributed by atoms with Crippen LogP contribution in [0.4, 0.5) is 10.5 Å². The molecule has 0 saturated heterocycles. The van der Waals surface area contributed by atoms with Gasteiger partial charge in [0.2, 0.25) is 0 Å². The van der Waals surface area contributed by atoms with Crippen molar-refractivity contribution in [3.63, 3.8) is 0 Å². The average Bonchev–Trinajstić information content (AvgIpc) is 2.77. The summed E-state index contributed by atoms with van der Waals surface area (Å²) in [6.07, 6.45) is 7.98. The molecule has 0 heterocycles. The van der Waals surface area contributed by atoms with Crippen LogP contribution in [0.15, 0.2) is 36.4 Å². The molecule has 4 nitrogen and oxygen atoms in total. The molecule has 3 N–H and O–H groups in total. The topological polar surface area (TPSA) is 61.4 Å². The van der Waals surface area contributed by atoms with Crippen LogP contribution in [-0.4, -0.2) is 17.7 Å². The van der Waals surface area contributed by atoms with Gasteiger partial charge < -0.3 is 15.7 Å². The van der Waals surface area contributed by atoms with Gasteiger partial charge in [-0.15, -0.1) is 0 Å². The lowest BCUT2D eigenvalue weighted by atomic mass is 9.78. The van der Waals surface area contributed by atoms with Crippen molar-refractivity contribution in [1.29, 1.82) is 0 Å². The summed E-state index contributed by atoms with van der Waals surface area (Å²) in [4.78, 5) is 12.6. The number of hydrogen-bond donors (Lipinski definition) is 3. The number of aryl methyl sites for hydroxylation is 2. The number of aromatic hydroxyl groups is 1. The van der Waals surface area contributed by atoms with Gasteiger partial charge in [0.05, 0.1) is 0 Å². The first kappa shape index (κ1) is 26.1. The average molecular weight is 465 g/mol. The van der Waals surface area contributed by atoms with E-state index in [1.807, 2.05) is 18.2 Å². The molecule has 0 unspecified atom stereocenters. The molecule has 1 fully saturated rings. The van der Waals surface area contributed by atoms with Crippen molar-refractivity contribution in [2.45, 2.75) is 97.3 Å². The lowest BCUT2D eigenvalue weighted by Crippen LogP contribution is -2.34. The highest BCUT2D eigenvalue weighted by Crippen LogP contribution is 2.40. The molecule has 0 spiro atoms. The molecule has 0 bridgehead atoms. The molecule has 0 aromatic heterocycles. The van der Waals surface area contributed by atoms with Gasteiger partial charge in [-0.05, 0) is 70.8 Å². The Bertz CT molecular complexity index is 941. The Hall–Kier alpha value is -2.49. The van der Waals surface area contributed by atoms with Crippen molar-refractivity contribution in [3.05, 3.63) is 58.7 Å². The zero-order valence-electron chi connectivity index (χ0n) is 22.1.